The molecule has 1 aromatic carbocycles. The summed E-state index contributed by atoms with van der Waals surface area (Å²) in [6.07, 6.45) is 0. The Morgan fingerprint density at radius 2 is 1.87 bits per heavy atom. The Hall–Kier alpha value is -1.47. The number of carboxylic acid groups (broad SMARTS) is 1. The van der Waals surface area contributed by atoms with E-state index in [1.165, 1.54) is 0 Å². The van der Waals surface area contributed by atoms with Crippen LogP contribution in [0.25, 0.3) is 0 Å². The molecule has 3 N–H and O–H groups in total. The van der Waals surface area contributed by atoms with Crippen molar-refractivity contribution in [3.63, 3.8) is 0 Å². The van der Waals surface area contributed by atoms with Crippen LogP contribution in [0.15, 0.2) is 24.3 Å². The van der Waals surface area contributed by atoms with Gasteiger partial charge in [-0.2, -0.15) is 0 Å². The van der Waals surface area contributed by atoms with Gasteiger partial charge in [0.2, 0.25) is 0 Å². The van der Waals surface area contributed by atoms with E-state index in [4.69, 9.17) is 10.2 Å². The predicted octanol–water partition coefficient (Wildman–Crippen LogP) is 0.349. The predicted molar refractivity (Wildman–Crippen MR) is 87.3 cm³/mol. The molecule has 0 aromatic heterocycles. The lowest BCUT2D eigenvalue weighted by Crippen LogP contribution is -2.32. The molecule has 2 atom stereocenters. The molecule has 0 unspecified atom stereocenters. The van der Waals surface area contributed by atoms with Gasteiger partial charge in [0.25, 0.3) is 0 Å². The Labute approximate surface area is 137 Å². The van der Waals surface area contributed by atoms with Crippen molar-refractivity contribution in [2.24, 2.45) is 11.8 Å². The van der Waals surface area contributed by atoms with E-state index in [9.17, 15) is 9.90 Å². The molecule has 1 heterocycles. The molecule has 6 nitrogen and oxygen atoms in total. The van der Waals surface area contributed by atoms with E-state index >= 15 is 0 Å². The number of aliphatic hydroxyl groups is 2. The summed E-state index contributed by atoms with van der Waals surface area (Å²) in [5.41, 5.74) is 1.38. The van der Waals surface area contributed by atoms with Crippen LogP contribution in [-0.2, 0) is 6.54 Å². The van der Waals surface area contributed by atoms with Crippen LogP contribution in [0.3, 0.4) is 0 Å². The third-order valence-corrected chi connectivity index (χ3v) is 4.52. The number of aromatic carboxylic acids is 1. The lowest BCUT2D eigenvalue weighted by Gasteiger charge is -2.23. The molecule has 0 aliphatic carbocycles. The standard InChI is InChI=1S/C17H26N2O4/c1-18(6-7-20)9-15-10-19(11-16(15)12-21)8-13-2-4-14(5-3-13)17(22)23/h2-5,15-16,20-21H,6-12H2,1H3,(H,22,23)/t15-,16-/m1/s1. The molecule has 0 radical (unpaired) electrons. The van der Waals surface area contributed by atoms with Crippen molar-refractivity contribution in [3.05, 3.63) is 35.4 Å². The molecule has 1 aliphatic heterocycles. The van der Waals surface area contributed by atoms with Crippen LogP contribution in [-0.4, -0.2) is 77.5 Å². The number of hydrogen-bond donors (Lipinski definition) is 3. The molecule has 2 rings (SSSR count). The molecule has 1 aromatic rings. The number of likely N-dealkylation sites (tertiary alicyclic amines) is 1. The van der Waals surface area contributed by atoms with Gasteiger partial charge in [0.1, 0.15) is 0 Å². The third kappa shape index (κ3) is 5.00. The largest absolute Gasteiger partial charge is 0.478 e. The Balaban J connectivity index is 1.92. The summed E-state index contributed by atoms with van der Waals surface area (Å²) in [6.45, 7) is 4.33. The van der Waals surface area contributed by atoms with Crippen molar-refractivity contribution in [2.45, 2.75) is 6.54 Å². The fourth-order valence-corrected chi connectivity index (χ4v) is 3.25. The highest BCUT2D eigenvalue weighted by molar-refractivity contribution is 5.87. The number of carboxylic acids is 1. The maximum Gasteiger partial charge on any atom is 0.335 e. The lowest BCUT2D eigenvalue weighted by molar-refractivity contribution is 0.0697. The van der Waals surface area contributed by atoms with Crippen LogP contribution in [0.2, 0.25) is 0 Å². The van der Waals surface area contributed by atoms with Crippen LogP contribution in [0.4, 0.5) is 0 Å². The second-order valence-electron chi connectivity index (χ2n) is 6.38. The van der Waals surface area contributed by atoms with E-state index < -0.39 is 5.97 Å². The van der Waals surface area contributed by atoms with Gasteiger partial charge in [-0.15, -0.1) is 0 Å². The van der Waals surface area contributed by atoms with Crippen molar-refractivity contribution in [1.82, 2.24) is 9.80 Å². The van der Waals surface area contributed by atoms with Crippen LogP contribution >= 0.6 is 0 Å². The third-order valence-electron chi connectivity index (χ3n) is 4.52. The van der Waals surface area contributed by atoms with Gasteiger partial charge >= 0.3 is 5.97 Å². The van der Waals surface area contributed by atoms with Gasteiger partial charge in [0.05, 0.1) is 12.2 Å². The molecule has 0 saturated carbocycles. The lowest BCUT2D eigenvalue weighted by atomic mass is 9.96. The molecule has 0 bridgehead atoms. The quantitative estimate of drug-likeness (QED) is 0.640. The van der Waals surface area contributed by atoms with Crippen LogP contribution in [0, 0.1) is 11.8 Å². The van der Waals surface area contributed by atoms with Crippen molar-refractivity contribution in [1.29, 1.82) is 0 Å². The molecule has 6 heteroatoms. The summed E-state index contributed by atoms with van der Waals surface area (Å²) in [6, 6.07) is 6.96. The maximum atomic E-state index is 10.9. The van der Waals surface area contributed by atoms with Crippen molar-refractivity contribution < 1.29 is 20.1 Å². The Kier molecular flexibility index (Phi) is 6.53. The van der Waals surface area contributed by atoms with Gasteiger partial charge in [-0.05, 0) is 36.6 Å². The molecular weight excluding hydrogens is 296 g/mol. The van der Waals surface area contributed by atoms with Crippen molar-refractivity contribution in [2.75, 3.05) is 46.4 Å². The second kappa shape index (κ2) is 8.40. The van der Waals surface area contributed by atoms with Gasteiger partial charge in [-0.1, -0.05) is 12.1 Å². The number of likely N-dealkylation sites (N-methyl/N-ethyl adjacent to an activating group) is 1. The smallest absolute Gasteiger partial charge is 0.335 e. The van der Waals surface area contributed by atoms with Crippen LogP contribution in [0.1, 0.15) is 15.9 Å². The van der Waals surface area contributed by atoms with Gasteiger partial charge in [-0.3, -0.25) is 4.90 Å². The number of nitrogens with zero attached hydrogens (tertiary/aromatic N) is 2. The fourth-order valence-electron chi connectivity index (χ4n) is 3.25. The van der Waals surface area contributed by atoms with Gasteiger partial charge < -0.3 is 20.2 Å². The Morgan fingerprint density at radius 1 is 1.22 bits per heavy atom. The van der Waals surface area contributed by atoms with E-state index in [0.717, 1.165) is 31.7 Å². The molecule has 1 saturated heterocycles. The minimum Gasteiger partial charge on any atom is -0.478 e. The SMILES string of the molecule is CN(CCO)C[C@@H]1CN(Cc2ccc(C(=O)O)cc2)C[C@@H]1CO. The zero-order chi connectivity index (χ0) is 16.8. The first-order chi connectivity index (χ1) is 11.0. The first kappa shape index (κ1) is 17.9. The zero-order valence-corrected chi connectivity index (χ0v) is 13.6. The monoisotopic (exact) mass is 322 g/mol. The first-order valence-corrected chi connectivity index (χ1v) is 7.98. The molecule has 1 aliphatic rings. The average Bonchev–Trinajstić information content (AvgIpc) is 2.89. The Morgan fingerprint density at radius 3 is 2.43 bits per heavy atom. The number of benzene rings is 1. The van der Waals surface area contributed by atoms with Crippen LogP contribution in [0.5, 0.6) is 0 Å². The molecule has 23 heavy (non-hydrogen) atoms. The van der Waals surface area contributed by atoms with E-state index in [1.807, 2.05) is 19.2 Å². The average molecular weight is 322 g/mol. The van der Waals surface area contributed by atoms with E-state index in [1.54, 1.807) is 12.1 Å². The highest BCUT2D eigenvalue weighted by Gasteiger charge is 2.32. The van der Waals surface area contributed by atoms with Crippen molar-refractivity contribution in [3.8, 4) is 0 Å². The topological polar surface area (TPSA) is 84.2 Å². The summed E-state index contributed by atoms with van der Waals surface area (Å²) < 4.78 is 0. The van der Waals surface area contributed by atoms with Crippen molar-refractivity contribution >= 4 is 5.97 Å². The van der Waals surface area contributed by atoms with E-state index in [0.29, 0.717) is 18.0 Å². The van der Waals surface area contributed by atoms with Gasteiger partial charge in [0.15, 0.2) is 0 Å². The van der Waals surface area contributed by atoms with E-state index in [2.05, 4.69) is 9.80 Å². The summed E-state index contributed by atoms with van der Waals surface area (Å²) in [7, 11) is 1.98. The van der Waals surface area contributed by atoms with Crippen LogP contribution < -0.4 is 0 Å². The summed E-state index contributed by atoms with van der Waals surface area (Å²) in [5.74, 6) is -0.283. The number of hydrogen-bond acceptors (Lipinski definition) is 5. The Bertz CT molecular complexity index is 506. The van der Waals surface area contributed by atoms with E-state index in [-0.39, 0.29) is 19.1 Å². The first-order valence-electron chi connectivity index (χ1n) is 7.98. The summed E-state index contributed by atoms with van der Waals surface area (Å²) in [4.78, 5) is 15.3. The molecule has 1 fully saturated rings. The molecule has 128 valence electrons. The molecular formula is C17H26N2O4. The number of aliphatic hydroxyl groups excluding tert-OH is 2. The minimum atomic E-state index is -0.912. The summed E-state index contributed by atoms with van der Waals surface area (Å²) in [5, 5.41) is 27.5. The number of rotatable bonds is 8. The highest BCUT2D eigenvalue weighted by atomic mass is 16.4. The highest BCUT2D eigenvalue weighted by Crippen LogP contribution is 2.25. The minimum absolute atomic E-state index is 0.145. The van der Waals surface area contributed by atoms with Gasteiger partial charge in [-0.25, -0.2) is 4.79 Å². The van der Waals surface area contributed by atoms with Gasteiger partial charge in [0, 0.05) is 39.3 Å². The number of carbonyl (C=O) groups is 1. The molecule has 0 amide bonds. The zero-order valence-electron chi connectivity index (χ0n) is 13.6. The summed E-state index contributed by atoms with van der Waals surface area (Å²) >= 11 is 0. The maximum absolute atomic E-state index is 10.9. The molecule has 0 spiro atoms. The fraction of sp³-hybridized carbons (Fsp3) is 0.588. The normalized spacial score (nSPS) is 21.9. The second-order valence-corrected chi connectivity index (χ2v) is 6.38.